The topological polar surface area (TPSA) is 146 Å². The number of azo groups is 1. The molecule has 24 heavy (non-hydrogen) atoms. The van der Waals surface area contributed by atoms with Gasteiger partial charge in [0.1, 0.15) is 10.7 Å². The Hall–Kier alpha value is -3.40. The molecule has 2 aromatic carbocycles. The van der Waals surface area contributed by atoms with E-state index in [2.05, 4.69) is 20.4 Å². The lowest BCUT2D eigenvalue weighted by molar-refractivity contribution is -0.384. The van der Waals surface area contributed by atoms with E-state index in [1.165, 1.54) is 23.5 Å². The molecule has 0 aliphatic heterocycles. The van der Waals surface area contributed by atoms with Crippen molar-refractivity contribution in [2.24, 2.45) is 10.2 Å². The second-order valence-corrected chi connectivity index (χ2v) is 5.67. The van der Waals surface area contributed by atoms with Crippen LogP contribution < -0.4 is 11.5 Å². The SMILES string of the molecule is Nc1ccc(N=Nc2nnc(-c3ccc([N+](=O)[O-])cc3)s2)c(N)c1. The van der Waals surface area contributed by atoms with E-state index in [1.807, 2.05) is 0 Å². The smallest absolute Gasteiger partial charge is 0.269 e. The number of anilines is 2. The molecule has 0 radical (unpaired) electrons. The van der Waals surface area contributed by atoms with Crippen molar-refractivity contribution < 1.29 is 4.92 Å². The highest BCUT2D eigenvalue weighted by molar-refractivity contribution is 7.18. The van der Waals surface area contributed by atoms with E-state index in [0.29, 0.717) is 32.8 Å². The normalized spacial score (nSPS) is 11.0. The third-order valence-electron chi connectivity index (χ3n) is 3.03. The van der Waals surface area contributed by atoms with Gasteiger partial charge in [-0.2, -0.15) is 0 Å². The molecule has 9 nitrogen and oxygen atoms in total. The lowest BCUT2D eigenvalue weighted by Gasteiger charge is -1.98. The molecule has 0 aliphatic carbocycles. The Morgan fingerprint density at radius 2 is 1.79 bits per heavy atom. The first-order chi connectivity index (χ1) is 11.5. The lowest BCUT2D eigenvalue weighted by atomic mass is 10.2. The minimum atomic E-state index is -0.458. The number of rotatable bonds is 4. The summed E-state index contributed by atoms with van der Waals surface area (Å²) in [5, 5.41) is 27.5. The predicted octanol–water partition coefficient (Wildman–Crippen LogP) is 3.69. The number of hydrogen-bond donors (Lipinski definition) is 2. The third-order valence-corrected chi connectivity index (χ3v) is 3.89. The van der Waals surface area contributed by atoms with Gasteiger partial charge in [0.2, 0.25) is 0 Å². The average molecular weight is 341 g/mol. The van der Waals surface area contributed by atoms with Gasteiger partial charge < -0.3 is 11.5 Å². The fourth-order valence-corrected chi connectivity index (χ4v) is 2.53. The van der Waals surface area contributed by atoms with Gasteiger partial charge in [-0.1, -0.05) is 11.3 Å². The molecule has 0 saturated carbocycles. The minimum absolute atomic E-state index is 0.0157. The highest BCUT2D eigenvalue weighted by atomic mass is 32.1. The number of nitro benzene ring substituents is 1. The molecule has 4 N–H and O–H groups in total. The van der Waals surface area contributed by atoms with Crippen molar-refractivity contribution in [3.63, 3.8) is 0 Å². The maximum absolute atomic E-state index is 10.7. The van der Waals surface area contributed by atoms with Gasteiger partial charge in [0.05, 0.1) is 10.6 Å². The average Bonchev–Trinajstić information content (AvgIpc) is 3.03. The Morgan fingerprint density at radius 1 is 1.04 bits per heavy atom. The van der Waals surface area contributed by atoms with Crippen LogP contribution in [0.3, 0.4) is 0 Å². The van der Waals surface area contributed by atoms with Crippen molar-refractivity contribution >= 4 is 39.2 Å². The number of nitrogens with zero attached hydrogens (tertiary/aromatic N) is 5. The highest BCUT2D eigenvalue weighted by Crippen LogP contribution is 2.31. The lowest BCUT2D eigenvalue weighted by Crippen LogP contribution is -1.89. The Morgan fingerprint density at radius 3 is 2.46 bits per heavy atom. The molecule has 0 bridgehead atoms. The first-order valence-electron chi connectivity index (χ1n) is 6.68. The summed E-state index contributed by atoms with van der Waals surface area (Å²) in [6, 6.07) is 11.0. The second kappa shape index (κ2) is 6.38. The molecule has 1 heterocycles. The van der Waals surface area contributed by atoms with Crippen LogP contribution in [-0.4, -0.2) is 15.1 Å². The standard InChI is InChI=1S/C14H11N7O2S/c15-9-3-6-12(11(16)7-9)17-19-14-20-18-13(24-14)8-1-4-10(5-2-8)21(22)23/h1-7H,15-16H2. The van der Waals surface area contributed by atoms with Crippen LogP contribution in [0.2, 0.25) is 0 Å². The Balaban J connectivity index is 1.80. The summed E-state index contributed by atoms with van der Waals surface area (Å²) in [5.74, 6) is 0. The van der Waals surface area contributed by atoms with Crippen LogP contribution in [0.5, 0.6) is 0 Å². The van der Waals surface area contributed by atoms with Crippen molar-refractivity contribution in [3.8, 4) is 10.6 Å². The number of nitro groups is 1. The van der Waals surface area contributed by atoms with Crippen LogP contribution in [-0.2, 0) is 0 Å². The molecule has 0 fully saturated rings. The number of nitrogen functional groups attached to an aromatic ring is 2. The monoisotopic (exact) mass is 341 g/mol. The molecule has 0 saturated heterocycles. The second-order valence-electron chi connectivity index (χ2n) is 4.71. The summed E-state index contributed by atoms with van der Waals surface area (Å²) >= 11 is 1.21. The highest BCUT2D eigenvalue weighted by Gasteiger charge is 2.09. The van der Waals surface area contributed by atoms with E-state index < -0.39 is 4.92 Å². The number of non-ortho nitro benzene ring substituents is 1. The maximum Gasteiger partial charge on any atom is 0.269 e. The predicted molar refractivity (Wildman–Crippen MR) is 91.4 cm³/mol. The molecule has 0 unspecified atom stereocenters. The van der Waals surface area contributed by atoms with Gasteiger partial charge in [0, 0.05) is 23.4 Å². The van der Waals surface area contributed by atoms with Crippen molar-refractivity contribution in [2.45, 2.75) is 0 Å². The van der Waals surface area contributed by atoms with Gasteiger partial charge in [-0.25, -0.2) is 0 Å². The first-order valence-corrected chi connectivity index (χ1v) is 7.49. The molecule has 0 amide bonds. The summed E-state index contributed by atoms with van der Waals surface area (Å²) in [6.45, 7) is 0. The number of hydrogen-bond acceptors (Lipinski definition) is 9. The van der Waals surface area contributed by atoms with Gasteiger partial charge in [0.15, 0.2) is 0 Å². The Bertz CT molecular complexity index is 921. The van der Waals surface area contributed by atoms with Gasteiger partial charge in [-0.3, -0.25) is 10.1 Å². The van der Waals surface area contributed by atoms with Crippen molar-refractivity contribution in [1.82, 2.24) is 10.2 Å². The van der Waals surface area contributed by atoms with Crippen LogP contribution in [0, 0.1) is 10.1 Å². The van der Waals surface area contributed by atoms with Gasteiger partial charge >= 0.3 is 0 Å². The van der Waals surface area contributed by atoms with E-state index >= 15 is 0 Å². The van der Waals surface area contributed by atoms with E-state index in [-0.39, 0.29) is 5.69 Å². The summed E-state index contributed by atoms with van der Waals surface area (Å²) in [7, 11) is 0. The summed E-state index contributed by atoms with van der Waals surface area (Å²) in [6.07, 6.45) is 0. The van der Waals surface area contributed by atoms with Crippen LogP contribution in [0.25, 0.3) is 10.6 Å². The van der Waals surface area contributed by atoms with E-state index in [9.17, 15) is 10.1 Å². The number of nitrogens with two attached hydrogens (primary N) is 2. The van der Waals surface area contributed by atoms with Gasteiger partial charge in [-0.05, 0) is 30.3 Å². The van der Waals surface area contributed by atoms with Crippen LogP contribution in [0.1, 0.15) is 0 Å². The number of benzene rings is 2. The van der Waals surface area contributed by atoms with Crippen molar-refractivity contribution in [1.29, 1.82) is 0 Å². The van der Waals surface area contributed by atoms with E-state index in [0.717, 1.165) is 0 Å². The van der Waals surface area contributed by atoms with E-state index in [4.69, 9.17) is 11.5 Å². The molecule has 0 spiro atoms. The Kier molecular flexibility index (Phi) is 4.12. The summed E-state index contributed by atoms with van der Waals surface area (Å²) in [4.78, 5) is 10.2. The molecule has 0 atom stereocenters. The largest absolute Gasteiger partial charge is 0.399 e. The molecule has 3 rings (SSSR count). The molecule has 120 valence electrons. The van der Waals surface area contributed by atoms with Crippen molar-refractivity contribution in [3.05, 3.63) is 52.6 Å². The van der Waals surface area contributed by atoms with Gasteiger partial charge in [0.25, 0.3) is 10.8 Å². The number of aromatic nitrogens is 2. The molecular formula is C14H11N7O2S. The fourth-order valence-electron chi connectivity index (χ4n) is 1.86. The summed E-state index contributed by atoms with van der Waals surface area (Å²) in [5.41, 5.74) is 13.6. The van der Waals surface area contributed by atoms with Crippen LogP contribution >= 0.6 is 11.3 Å². The zero-order valence-corrected chi connectivity index (χ0v) is 13.0. The quantitative estimate of drug-likeness (QED) is 0.320. The molecule has 1 aromatic heterocycles. The zero-order chi connectivity index (χ0) is 17.1. The van der Waals surface area contributed by atoms with E-state index in [1.54, 1.807) is 30.3 Å². The molecule has 3 aromatic rings. The fraction of sp³-hybridized carbons (Fsp3) is 0. The van der Waals surface area contributed by atoms with Gasteiger partial charge in [-0.15, -0.1) is 20.4 Å². The van der Waals surface area contributed by atoms with Crippen molar-refractivity contribution in [2.75, 3.05) is 11.5 Å². The van der Waals surface area contributed by atoms with Crippen LogP contribution in [0.4, 0.5) is 27.9 Å². The third kappa shape index (κ3) is 3.33. The molecular weight excluding hydrogens is 330 g/mol. The minimum Gasteiger partial charge on any atom is -0.399 e. The molecule has 10 heteroatoms. The molecule has 0 aliphatic rings. The maximum atomic E-state index is 10.7. The summed E-state index contributed by atoms with van der Waals surface area (Å²) < 4.78 is 0. The van der Waals surface area contributed by atoms with Crippen LogP contribution in [0.15, 0.2) is 52.7 Å². The zero-order valence-electron chi connectivity index (χ0n) is 12.2. The first kappa shape index (κ1) is 15.5. The Labute approximate surface area is 139 Å².